The van der Waals surface area contributed by atoms with Gasteiger partial charge >= 0.3 is 12.1 Å². The molecule has 1 atom stereocenters. The fourth-order valence-electron chi connectivity index (χ4n) is 2.01. The number of rotatable bonds is 11. The SMILES string of the molecule is NC(=O)CC[C@H](NC(=O)CNC(=O)OCc1ccccc1)C(=O)NCC(=O)O. The third-order valence-corrected chi connectivity index (χ3v) is 3.35. The number of carbonyl (C=O) groups is 5. The highest BCUT2D eigenvalue weighted by molar-refractivity contribution is 5.91. The molecule has 0 saturated carbocycles. The van der Waals surface area contributed by atoms with E-state index < -0.39 is 48.9 Å². The summed E-state index contributed by atoms with van der Waals surface area (Å²) in [5.41, 5.74) is 5.79. The Morgan fingerprint density at radius 3 is 2.32 bits per heavy atom. The summed E-state index contributed by atoms with van der Waals surface area (Å²) in [4.78, 5) is 56.9. The molecule has 6 N–H and O–H groups in total. The van der Waals surface area contributed by atoms with Crippen molar-refractivity contribution in [3.8, 4) is 0 Å². The van der Waals surface area contributed by atoms with Crippen molar-refractivity contribution >= 4 is 29.8 Å². The number of alkyl carbamates (subject to hydrolysis) is 1. The number of nitrogens with two attached hydrogens (primary N) is 1. The van der Waals surface area contributed by atoms with Gasteiger partial charge in [-0.05, 0) is 12.0 Å². The van der Waals surface area contributed by atoms with Crippen LogP contribution in [0.4, 0.5) is 4.79 Å². The number of hydrogen-bond donors (Lipinski definition) is 5. The molecule has 0 aliphatic carbocycles. The summed E-state index contributed by atoms with van der Waals surface area (Å²) in [7, 11) is 0. The van der Waals surface area contributed by atoms with Crippen LogP contribution in [0.25, 0.3) is 0 Å². The van der Waals surface area contributed by atoms with Crippen LogP contribution < -0.4 is 21.7 Å². The Bertz CT molecular complexity index is 709. The third kappa shape index (κ3) is 9.75. The summed E-state index contributed by atoms with van der Waals surface area (Å²) in [6, 6.07) is 7.73. The Kier molecular flexibility index (Phi) is 9.51. The molecular formula is C17H22N4O7. The number of primary amides is 1. The largest absolute Gasteiger partial charge is 0.480 e. The molecule has 1 rings (SSSR count). The van der Waals surface area contributed by atoms with Gasteiger partial charge in [0.05, 0.1) is 0 Å². The highest BCUT2D eigenvalue weighted by Gasteiger charge is 2.22. The molecule has 1 aromatic rings. The second-order valence-corrected chi connectivity index (χ2v) is 5.65. The maximum atomic E-state index is 11.9. The molecule has 0 aliphatic heterocycles. The monoisotopic (exact) mass is 394 g/mol. The predicted octanol–water partition coefficient (Wildman–Crippen LogP) is -1.14. The van der Waals surface area contributed by atoms with Crippen LogP contribution in [0.3, 0.4) is 0 Å². The third-order valence-electron chi connectivity index (χ3n) is 3.35. The van der Waals surface area contributed by atoms with E-state index in [1.165, 1.54) is 0 Å². The normalized spacial score (nSPS) is 11.0. The molecule has 0 heterocycles. The summed E-state index contributed by atoms with van der Waals surface area (Å²) in [5, 5.41) is 15.2. The summed E-state index contributed by atoms with van der Waals surface area (Å²) >= 11 is 0. The van der Waals surface area contributed by atoms with Gasteiger partial charge in [-0.1, -0.05) is 30.3 Å². The lowest BCUT2D eigenvalue weighted by Gasteiger charge is -2.17. The maximum absolute atomic E-state index is 11.9. The van der Waals surface area contributed by atoms with Crippen molar-refractivity contribution in [2.45, 2.75) is 25.5 Å². The van der Waals surface area contributed by atoms with Crippen molar-refractivity contribution in [1.29, 1.82) is 0 Å². The van der Waals surface area contributed by atoms with Crippen LogP contribution in [-0.2, 0) is 30.5 Å². The fourth-order valence-corrected chi connectivity index (χ4v) is 2.01. The first-order chi connectivity index (χ1) is 13.3. The molecule has 11 nitrogen and oxygen atoms in total. The number of hydrogen-bond acceptors (Lipinski definition) is 6. The quantitative estimate of drug-likeness (QED) is 0.315. The minimum absolute atomic E-state index is 0.0210. The summed E-state index contributed by atoms with van der Waals surface area (Å²) < 4.78 is 4.94. The van der Waals surface area contributed by atoms with E-state index in [1.807, 2.05) is 6.07 Å². The van der Waals surface area contributed by atoms with E-state index in [0.717, 1.165) is 5.56 Å². The van der Waals surface area contributed by atoms with Gasteiger partial charge in [-0.25, -0.2) is 4.79 Å². The van der Waals surface area contributed by atoms with Crippen molar-refractivity contribution < 1.29 is 33.8 Å². The smallest absolute Gasteiger partial charge is 0.407 e. The number of aliphatic carboxylic acids is 1. The van der Waals surface area contributed by atoms with Crippen molar-refractivity contribution in [2.75, 3.05) is 13.1 Å². The van der Waals surface area contributed by atoms with E-state index in [9.17, 15) is 24.0 Å². The number of ether oxygens (including phenoxy) is 1. The molecule has 0 aliphatic rings. The molecular weight excluding hydrogens is 372 g/mol. The van der Waals surface area contributed by atoms with E-state index in [0.29, 0.717) is 0 Å². The van der Waals surface area contributed by atoms with Gasteiger partial charge in [0.25, 0.3) is 0 Å². The maximum Gasteiger partial charge on any atom is 0.407 e. The van der Waals surface area contributed by atoms with Crippen LogP contribution in [0.1, 0.15) is 18.4 Å². The van der Waals surface area contributed by atoms with E-state index in [4.69, 9.17) is 15.6 Å². The van der Waals surface area contributed by atoms with Crippen molar-refractivity contribution in [2.24, 2.45) is 5.73 Å². The molecule has 152 valence electrons. The second-order valence-electron chi connectivity index (χ2n) is 5.65. The second kappa shape index (κ2) is 11.9. The molecule has 0 saturated heterocycles. The van der Waals surface area contributed by atoms with Gasteiger partial charge in [0.2, 0.25) is 17.7 Å². The lowest BCUT2D eigenvalue weighted by atomic mass is 10.1. The minimum Gasteiger partial charge on any atom is -0.480 e. The Balaban J connectivity index is 2.45. The fraction of sp³-hybridized carbons (Fsp3) is 0.353. The first-order valence-electron chi connectivity index (χ1n) is 8.29. The molecule has 4 amide bonds. The first-order valence-corrected chi connectivity index (χ1v) is 8.29. The standard InChI is InChI=1S/C17H22N4O7/c18-13(22)7-6-12(16(26)19-9-15(24)25)21-14(23)8-20-17(27)28-10-11-4-2-1-3-5-11/h1-5,12H,6-10H2,(H2,18,22)(H,19,26)(H,20,27)(H,21,23)(H,24,25)/t12-/m0/s1. The highest BCUT2D eigenvalue weighted by atomic mass is 16.5. The Morgan fingerprint density at radius 2 is 1.71 bits per heavy atom. The summed E-state index contributed by atoms with van der Waals surface area (Å²) in [6.45, 7) is -1.11. The van der Waals surface area contributed by atoms with Gasteiger partial charge in [0.15, 0.2) is 0 Å². The average Bonchev–Trinajstić information content (AvgIpc) is 2.66. The van der Waals surface area contributed by atoms with E-state index >= 15 is 0 Å². The van der Waals surface area contributed by atoms with Crippen molar-refractivity contribution in [1.82, 2.24) is 16.0 Å². The molecule has 0 spiro atoms. The number of carboxylic acids is 1. The molecule has 28 heavy (non-hydrogen) atoms. The summed E-state index contributed by atoms with van der Waals surface area (Å²) in [5.74, 6) is -3.47. The Labute approximate surface area is 160 Å². The van der Waals surface area contributed by atoms with E-state index in [2.05, 4.69) is 16.0 Å². The average molecular weight is 394 g/mol. The van der Waals surface area contributed by atoms with Gasteiger partial charge < -0.3 is 31.5 Å². The molecule has 0 fully saturated rings. The van der Waals surface area contributed by atoms with Crippen LogP contribution in [0.5, 0.6) is 0 Å². The van der Waals surface area contributed by atoms with Crippen LogP contribution in [0, 0.1) is 0 Å². The van der Waals surface area contributed by atoms with Gasteiger partial charge in [0, 0.05) is 6.42 Å². The highest BCUT2D eigenvalue weighted by Crippen LogP contribution is 2.00. The number of carboxylic acid groups (broad SMARTS) is 1. The molecule has 1 aromatic carbocycles. The zero-order valence-electron chi connectivity index (χ0n) is 15.0. The van der Waals surface area contributed by atoms with Gasteiger partial charge in [-0.2, -0.15) is 0 Å². The number of benzene rings is 1. The van der Waals surface area contributed by atoms with E-state index in [1.54, 1.807) is 24.3 Å². The van der Waals surface area contributed by atoms with Gasteiger partial charge in [-0.15, -0.1) is 0 Å². The van der Waals surface area contributed by atoms with E-state index in [-0.39, 0.29) is 19.4 Å². The number of nitrogens with one attached hydrogen (secondary N) is 3. The topological polar surface area (TPSA) is 177 Å². The van der Waals surface area contributed by atoms with Crippen LogP contribution in [-0.4, -0.2) is 54.0 Å². The molecule has 0 radical (unpaired) electrons. The minimum atomic E-state index is -1.27. The molecule has 11 heteroatoms. The predicted molar refractivity (Wildman–Crippen MR) is 95.6 cm³/mol. The van der Waals surface area contributed by atoms with Crippen LogP contribution in [0.2, 0.25) is 0 Å². The van der Waals surface area contributed by atoms with Gasteiger partial charge in [-0.3, -0.25) is 19.2 Å². The molecule has 0 unspecified atom stereocenters. The van der Waals surface area contributed by atoms with Crippen molar-refractivity contribution in [3.63, 3.8) is 0 Å². The number of amides is 4. The first kappa shape index (κ1) is 22.4. The summed E-state index contributed by atoms with van der Waals surface area (Å²) in [6.07, 6.45) is -1.15. The van der Waals surface area contributed by atoms with Crippen LogP contribution >= 0.6 is 0 Å². The molecule has 0 bridgehead atoms. The number of carbonyl (C=O) groups excluding carboxylic acids is 4. The van der Waals surface area contributed by atoms with Crippen LogP contribution in [0.15, 0.2) is 30.3 Å². The van der Waals surface area contributed by atoms with Gasteiger partial charge in [0.1, 0.15) is 25.7 Å². The Morgan fingerprint density at radius 1 is 1.04 bits per heavy atom. The lowest BCUT2D eigenvalue weighted by Crippen LogP contribution is -2.50. The lowest BCUT2D eigenvalue weighted by molar-refractivity contribution is -0.138. The zero-order valence-corrected chi connectivity index (χ0v) is 15.0. The Hall–Kier alpha value is -3.63. The zero-order chi connectivity index (χ0) is 20.9. The molecule has 0 aromatic heterocycles. The van der Waals surface area contributed by atoms with Crippen molar-refractivity contribution in [3.05, 3.63) is 35.9 Å².